The molecule has 0 atom stereocenters. The molecule has 0 saturated heterocycles. The van der Waals surface area contributed by atoms with Crippen molar-refractivity contribution in [1.29, 1.82) is 0 Å². The lowest BCUT2D eigenvalue weighted by Crippen LogP contribution is -1.98. The third-order valence-corrected chi connectivity index (χ3v) is 2.75. The van der Waals surface area contributed by atoms with Crippen LogP contribution < -0.4 is 15.2 Å². The average Bonchev–Trinajstić information content (AvgIpc) is 2.93. The minimum Gasteiger partial charge on any atom is -0.493 e. The number of methoxy groups -OCH3 is 1. The largest absolute Gasteiger partial charge is 0.493 e. The van der Waals surface area contributed by atoms with Crippen molar-refractivity contribution in [1.82, 2.24) is 9.97 Å². The van der Waals surface area contributed by atoms with Gasteiger partial charge in [-0.1, -0.05) is 6.92 Å². The maximum absolute atomic E-state index is 5.62. The van der Waals surface area contributed by atoms with Crippen LogP contribution in [0.25, 0.3) is 11.4 Å². The molecule has 0 fully saturated rings. The zero-order chi connectivity index (χ0) is 13.7. The third kappa shape index (κ3) is 3.06. The van der Waals surface area contributed by atoms with Crippen LogP contribution in [-0.2, 0) is 6.54 Å². The molecule has 102 valence electrons. The van der Waals surface area contributed by atoms with Gasteiger partial charge >= 0.3 is 0 Å². The van der Waals surface area contributed by atoms with E-state index in [1.54, 1.807) is 13.3 Å². The Kier molecular flexibility index (Phi) is 4.41. The van der Waals surface area contributed by atoms with Gasteiger partial charge in [0, 0.05) is 24.0 Å². The zero-order valence-electron chi connectivity index (χ0n) is 11.3. The van der Waals surface area contributed by atoms with Gasteiger partial charge in [-0.3, -0.25) is 0 Å². The minimum atomic E-state index is 0.446. The summed E-state index contributed by atoms with van der Waals surface area (Å²) < 4.78 is 11.0. The van der Waals surface area contributed by atoms with Crippen LogP contribution in [0.15, 0.2) is 24.4 Å². The topological polar surface area (TPSA) is 73.2 Å². The molecule has 5 heteroatoms. The Hall–Kier alpha value is -2.01. The number of nitrogens with zero attached hydrogens (tertiary/aromatic N) is 1. The Morgan fingerprint density at radius 1 is 1.32 bits per heavy atom. The summed E-state index contributed by atoms with van der Waals surface area (Å²) >= 11 is 0. The summed E-state index contributed by atoms with van der Waals surface area (Å²) in [4.78, 5) is 7.45. The maximum atomic E-state index is 5.62. The Labute approximate surface area is 112 Å². The van der Waals surface area contributed by atoms with Crippen LogP contribution >= 0.6 is 0 Å². The Morgan fingerprint density at radius 3 is 2.79 bits per heavy atom. The van der Waals surface area contributed by atoms with Crippen LogP contribution in [0, 0.1) is 0 Å². The van der Waals surface area contributed by atoms with E-state index in [2.05, 4.69) is 16.9 Å². The molecule has 0 aliphatic heterocycles. The van der Waals surface area contributed by atoms with Crippen molar-refractivity contribution in [3.05, 3.63) is 30.1 Å². The van der Waals surface area contributed by atoms with Crippen molar-refractivity contribution in [2.45, 2.75) is 19.9 Å². The first-order valence-corrected chi connectivity index (χ1v) is 6.33. The number of rotatable bonds is 6. The molecule has 3 N–H and O–H groups in total. The molecule has 0 radical (unpaired) electrons. The van der Waals surface area contributed by atoms with Crippen molar-refractivity contribution in [3.8, 4) is 22.9 Å². The van der Waals surface area contributed by atoms with Gasteiger partial charge in [-0.15, -0.1) is 0 Å². The van der Waals surface area contributed by atoms with Gasteiger partial charge in [-0.25, -0.2) is 4.98 Å². The number of nitrogens with two attached hydrogens (primary N) is 1. The van der Waals surface area contributed by atoms with Gasteiger partial charge in [-0.05, 0) is 24.6 Å². The molecule has 0 amide bonds. The summed E-state index contributed by atoms with van der Waals surface area (Å²) in [6.07, 6.45) is 2.70. The molecule has 0 saturated carbocycles. The summed E-state index contributed by atoms with van der Waals surface area (Å²) in [5, 5.41) is 0. The van der Waals surface area contributed by atoms with Crippen LogP contribution in [0.2, 0.25) is 0 Å². The lowest BCUT2D eigenvalue weighted by atomic mass is 10.2. The number of H-pyrrole nitrogens is 1. The van der Waals surface area contributed by atoms with Gasteiger partial charge in [0.15, 0.2) is 11.5 Å². The van der Waals surface area contributed by atoms with Gasteiger partial charge in [0.25, 0.3) is 0 Å². The molecule has 2 rings (SSSR count). The molecule has 19 heavy (non-hydrogen) atoms. The van der Waals surface area contributed by atoms with Gasteiger partial charge in [-0.2, -0.15) is 0 Å². The number of hydrogen-bond donors (Lipinski definition) is 2. The lowest BCUT2D eigenvalue weighted by Gasteiger charge is -2.10. The molecule has 1 aromatic carbocycles. The Bertz CT molecular complexity index is 537. The van der Waals surface area contributed by atoms with E-state index >= 15 is 0 Å². The van der Waals surface area contributed by atoms with Crippen LogP contribution in [0.3, 0.4) is 0 Å². The fraction of sp³-hybridized carbons (Fsp3) is 0.357. The first-order valence-electron chi connectivity index (χ1n) is 6.33. The van der Waals surface area contributed by atoms with Crippen LogP contribution in [0.1, 0.15) is 19.0 Å². The van der Waals surface area contributed by atoms with E-state index in [-0.39, 0.29) is 0 Å². The number of hydrogen-bond acceptors (Lipinski definition) is 4. The first kappa shape index (κ1) is 13.4. The number of aromatic amines is 1. The van der Waals surface area contributed by atoms with Gasteiger partial charge in [0.1, 0.15) is 5.82 Å². The number of ether oxygens (including phenoxy) is 2. The third-order valence-electron chi connectivity index (χ3n) is 2.75. The average molecular weight is 261 g/mol. The van der Waals surface area contributed by atoms with Gasteiger partial charge in [0.05, 0.1) is 13.7 Å². The van der Waals surface area contributed by atoms with E-state index in [1.165, 1.54) is 0 Å². The SMILES string of the molecule is CCCOc1ccc(-c2ncc(CN)[nH]2)cc1OC. The Morgan fingerprint density at radius 2 is 2.16 bits per heavy atom. The summed E-state index contributed by atoms with van der Waals surface area (Å²) in [7, 11) is 1.63. The van der Waals surface area contributed by atoms with E-state index in [9.17, 15) is 0 Å². The predicted molar refractivity (Wildman–Crippen MR) is 74.3 cm³/mol. The highest BCUT2D eigenvalue weighted by Crippen LogP contribution is 2.31. The van der Waals surface area contributed by atoms with Crippen LogP contribution in [-0.4, -0.2) is 23.7 Å². The quantitative estimate of drug-likeness (QED) is 0.837. The highest BCUT2D eigenvalue weighted by atomic mass is 16.5. The van der Waals surface area contributed by atoms with Crippen molar-refractivity contribution in [2.24, 2.45) is 5.73 Å². The van der Waals surface area contributed by atoms with E-state index < -0.39 is 0 Å². The molecule has 0 unspecified atom stereocenters. The van der Waals surface area contributed by atoms with Gasteiger partial charge in [0.2, 0.25) is 0 Å². The molecule has 0 aliphatic rings. The second-order valence-electron chi connectivity index (χ2n) is 4.18. The van der Waals surface area contributed by atoms with E-state index in [4.69, 9.17) is 15.2 Å². The highest BCUT2D eigenvalue weighted by molar-refractivity contribution is 5.61. The Balaban J connectivity index is 2.27. The second-order valence-corrected chi connectivity index (χ2v) is 4.18. The molecule has 0 aliphatic carbocycles. The molecular formula is C14H19N3O2. The standard InChI is InChI=1S/C14H19N3O2/c1-3-6-19-12-5-4-10(7-13(12)18-2)14-16-9-11(8-15)17-14/h4-5,7,9H,3,6,8,15H2,1-2H3,(H,16,17). The minimum absolute atomic E-state index is 0.446. The molecule has 5 nitrogen and oxygen atoms in total. The monoisotopic (exact) mass is 261 g/mol. The normalized spacial score (nSPS) is 10.5. The summed E-state index contributed by atoms with van der Waals surface area (Å²) in [5.74, 6) is 2.23. The van der Waals surface area contributed by atoms with Crippen LogP contribution in [0.4, 0.5) is 0 Å². The fourth-order valence-corrected chi connectivity index (χ4v) is 1.76. The van der Waals surface area contributed by atoms with Crippen molar-refractivity contribution < 1.29 is 9.47 Å². The fourth-order valence-electron chi connectivity index (χ4n) is 1.76. The summed E-state index contributed by atoms with van der Waals surface area (Å²) in [6, 6.07) is 5.76. The number of nitrogens with one attached hydrogen (secondary N) is 1. The zero-order valence-corrected chi connectivity index (χ0v) is 11.3. The second kappa shape index (κ2) is 6.24. The molecule has 2 aromatic rings. The summed E-state index contributed by atoms with van der Waals surface area (Å²) in [6.45, 7) is 3.19. The first-order chi connectivity index (χ1) is 9.28. The van der Waals surface area contributed by atoms with E-state index in [0.717, 1.165) is 29.3 Å². The molecular weight excluding hydrogens is 242 g/mol. The van der Waals surface area contributed by atoms with Crippen molar-refractivity contribution in [2.75, 3.05) is 13.7 Å². The maximum Gasteiger partial charge on any atom is 0.161 e. The van der Waals surface area contributed by atoms with E-state index in [0.29, 0.717) is 18.9 Å². The predicted octanol–water partition coefficient (Wildman–Crippen LogP) is 2.33. The smallest absolute Gasteiger partial charge is 0.161 e. The van der Waals surface area contributed by atoms with E-state index in [1.807, 2.05) is 18.2 Å². The summed E-state index contributed by atoms with van der Waals surface area (Å²) in [5.41, 5.74) is 7.41. The highest BCUT2D eigenvalue weighted by Gasteiger charge is 2.09. The van der Waals surface area contributed by atoms with Crippen molar-refractivity contribution >= 4 is 0 Å². The van der Waals surface area contributed by atoms with Crippen LogP contribution in [0.5, 0.6) is 11.5 Å². The molecule has 0 spiro atoms. The lowest BCUT2D eigenvalue weighted by molar-refractivity contribution is 0.294. The van der Waals surface area contributed by atoms with Gasteiger partial charge < -0.3 is 20.2 Å². The number of aromatic nitrogens is 2. The molecule has 1 aromatic heterocycles. The molecule has 1 heterocycles. The number of benzene rings is 1. The number of imidazole rings is 1. The molecule has 0 bridgehead atoms. The van der Waals surface area contributed by atoms with Crippen molar-refractivity contribution in [3.63, 3.8) is 0 Å².